The minimum absolute atomic E-state index is 0.0604. The Morgan fingerprint density at radius 2 is 1.71 bits per heavy atom. The number of aliphatic hydroxyl groups is 1. The topological polar surface area (TPSA) is 138 Å². The van der Waals surface area contributed by atoms with Gasteiger partial charge in [-0.2, -0.15) is 0 Å². The number of carboxylic acids is 1. The number of hydrogen-bond acceptors (Lipinski definition) is 7. The van der Waals surface area contributed by atoms with E-state index in [1.165, 1.54) is 0 Å². The van der Waals surface area contributed by atoms with Crippen LogP contribution in [0.15, 0.2) is 53.9 Å². The monoisotopic (exact) mass is 481 g/mol. The summed E-state index contributed by atoms with van der Waals surface area (Å²) in [6.45, 7) is -0.190. The molecule has 0 bridgehead atoms. The first-order chi connectivity index (χ1) is 16.5. The minimum Gasteiger partial charge on any atom is -0.480 e. The summed E-state index contributed by atoms with van der Waals surface area (Å²) in [5, 5.41) is 24.7. The van der Waals surface area contributed by atoms with Crippen LogP contribution in [0.1, 0.15) is 29.2 Å². The third kappa shape index (κ3) is 5.24. The molecule has 0 spiro atoms. The number of anilines is 1. The van der Waals surface area contributed by atoms with Gasteiger partial charge in [-0.1, -0.05) is 48.5 Å². The SMILES string of the molecule is O=C(Cc1csc(NC(=O)OCC2c3ccccc3-c3ccccc32)n1)N[C@@H](CCO)C(=O)O. The first kappa shape index (κ1) is 23.4. The van der Waals surface area contributed by atoms with Crippen molar-refractivity contribution in [3.63, 3.8) is 0 Å². The van der Waals surface area contributed by atoms with Gasteiger partial charge in [-0.05, 0) is 22.3 Å². The first-order valence-electron chi connectivity index (χ1n) is 10.7. The number of rotatable bonds is 9. The molecule has 0 fully saturated rings. The highest BCUT2D eigenvalue weighted by Crippen LogP contribution is 2.44. The maximum atomic E-state index is 12.4. The highest BCUT2D eigenvalue weighted by molar-refractivity contribution is 7.13. The molecule has 9 nitrogen and oxygen atoms in total. The molecule has 2 aromatic carbocycles. The normalized spacial score (nSPS) is 13.0. The second-order valence-electron chi connectivity index (χ2n) is 7.74. The molecule has 176 valence electrons. The van der Waals surface area contributed by atoms with Gasteiger partial charge in [0, 0.05) is 24.3 Å². The molecule has 0 aliphatic heterocycles. The van der Waals surface area contributed by atoms with Crippen LogP contribution in [0.2, 0.25) is 0 Å². The molecule has 0 saturated carbocycles. The van der Waals surface area contributed by atoms with E-state index in [4.69, 9.17) is 14.9 Å². The summed E-state index contributed by atoms with van der Waals surface area (Å²) in [5.74, 6) is -1.83. The average molecular weight is 482 g/mol. The number of ether oxygens (including phenoxy) is 1. The number of thiazole rings is 1. The number of benzene rings is 2. The predicted molar refractivity (Wildman–Crippen MR) is 126 cm³/mol. The van der Waals surface area contributed by atoms with Gasteiger partial charge in [-0.25, -0.2) is 14.6 Å². The van der Waals surface area contributed by atoms with Crippen molar-refractivity contribution in [2.45, 2.75) is 24.8 Å². The Morgan fingerprint density at radius 1 is 1.06 bits per heavy atom. The number of aromatic nitrogens is 1. The number of carbonyl (C=O) groups excluding carboxylic acids is 2. The second-order valence-corrected chi connectivity index (χ2v) is 8.60. The van der Waals surface area contributed by atoms with Crippen LogP contribution in [0.5, 0.6) is 0 Å². The molecular weight excluding hydrogens is 458 g/mol. The zero-order valence-electron chi connectivity index (χ0n) is 18.1. The Labute approximate surface area is 199 Å². The molecule has 1 atom stereocenters. The summed E-state index contributed by atoms with van der Waals surface area (Å²) in [7, 11) is 0. The van der Waals surface area contributed by atoms with E-state index in [0.29, 0.717) is 5.69 Å². The van der Waals surface area contributed by atoms with Crippen LogP contribution in [0.25, 0.3) is 11.1 Å². The van der Waals surface area contributed by atoms with E-state index < -0.39 is 24.0 Å². The quantitative estimate of drug-likeness (QED) is 0.369. The van der Waals surface area contributed by atoms with Crippen LogP contribution in [0.3, 0.4) is 0 Å². The lowest BCUT2D eigenvalue weighted by atomic mass is 9.98. The lowest BCUT2D eigenvalue weighted by Crippen LogP contribution is -2.42. The van der Waals surface area contributed by atoms with Crippen LogP contribution in [0.4, 0.5) is 9.93 Å². The van der Waals surface area contributed by atoms with E-state index in [-0.39, 0.29) is 37.1 Å². The van der Waals surface area contributed by atoms with Gasteiger partial charge in [-0.15, -0.1) is 11.3 Å². The second kappa shape index (κ2) is 10.4. The maximum absolute atomic E-state index is 12.4. The molecule has 1 aromatic heterocycles. The molecule has 3 aromatic rings. The largest absolute Gasteiger partial charge is 0.480 e. The summed E-state index contributed by atoms with van der Waals surface area (Å²) in [6.07, 6.45) is -0.897. The van der Waals surface area contributed by atoms with Gasteiger partial charge < -0.3 is 20.3 Å². The van der Waals surface area contributed by atoms with Crippen LogP contribution in [0, 0.1) is 0 Å². The lowest BCUT2D eigenvalue weighted by Gasteiger charge is -2.14. The summed E-state index contributed by atoms with van der Waals surface area (Å²) < 4.78 is 5.49. The Balaban J connectivity index is 1.32. The Hall–Kier alpha value is -3.76. The molecule has 1 aliphatic carbocycles. The number of hydrogen-bond donors (Lipinski definition) is 4. The molecule has 4 rings (SSSR count). The highest BCUT2D eigenvalue weighted by Gasteiger charge is 2.29. The van der Waals surface area contributed by atoms with E-state index in [9.17, 15) is 14.4 Å². The van der Waals surface area contributed by atoms with Gasteiger partial charge in [-0.3, -0.25) is 10.1 Å². The molecule has 0 radical (unpaired) electrons. The van der Waals surface area contributed by atoms with Crippen molar-refractivity contribution < 1.29 is 29.3 Å². The molecule has 2 amide bonds. The van der Waals surface area contributed by atoms with Crippen LogP contribution < -0.4 is 10.6 Å². The van der Waals surface area contributed by atoms with Crippen molar-refractivity contribution in [1.29, 1.82) is 0 Å². The van der Waals surface area contributed by atoms with E-state index in [0.717, 1.165) is 33.6 Å². The molecule has 4 N–H and O–H groups in total. The summed E-state index contributed by atoms with van der Waals surface area (Å²) >= 11 is 1.13. The smallest absolute Gasteiger partial charge is 0.413 e. The highest BCUT2D eigenvalue weighted by atomic mass is 32.1. The third-order valence-electron chi connectivity index (χ3n) is 5.50. The van der Waals surface area contributed by atoms with E-state index in [2.05, 4.69) is 27.8 Å². The number of carboxylic acid groups (broad SMARTS) is 1. The van der Waals surface area contributed by atoms with Crippen LogP contribution in [-0.4, -0.2) is 52.4 Å². The predicted octanol–water partition coefficient (Wildman–Crippen LogP) is 3.00. The fourth-order valence-corrected chi connectivity index (χ4v) is 4.66. The van der Waals surface area contributed by atoms with Crippen molar-refractivity contribution in [2.75, 3.05) is 18.5 Å². The Morgan fingerprint density at radius 3 is 2.32 bits per heavy atom. The standard InChI is InChI=1S/C24H23N3O6S/c28-10-9-20(22(30)31)26-21(29)11-14-13-34-23(25-14)27-24(32)33-12-19-17-7-3-1-5-15(17)16-6-2-4-8-18(16)19/h1-8,13,19-20,28H,9-12H2,(H,26,29)(H,30,31)(H,25,27,32)/t20-/m0/s1. The lowest BCUT2D eigenvalue weighted by molar-refractivity contribution is -0.142. The molecule has 1 heterocycles. The first-order valence-corrected chi connectivity index (χ1v) is 11.5. The van der Waals surface area contributed by atoms with Crippen molar-refractivity contribution in [3.8, 4) is 11.1 Å². The molecule has 10 heteroatoms. The minimum atomic E-state index is -1.22. The average Bonchev–Trinajstić information content (AvgIpc) is 3.39. The van der Waals surface area contributed by atoms with Crippen molar-refractivity contribution in [1.82, 2.24) is 10.3 Å². The number of amides is 2. The van der Waals surface area contributed by atoms with Gasteiger partial charge in [0.1, 0.15) is 12.6 Å². The summed E-state index contributed by atoms with van der Waals surface area (Å²) in [5.41, 5.74) is 4.88. The summed E-state index contributed by atoms with van der Waals surface area (Å²) in [6, 6.07) is 14.9. The van der Waals surface area contributed by atoms with Crippen molar-refractivity contribution in [2.24, 2.45) is 0 Å². The number of aliphatic hydroxyl groups excluding tert-OH is 1. The van der Waals surface area contributed by atoms with E-state index in [1.54, 1.807) is 5.38 Å². The number of nitrogens with one attached hydrogen (secondary N) is 2. The molecule has 34 heavy (non-hydrogen) atoms. The summed E-state index contributed by atoms with van der Waals surface area (Å²) in [4.78, 5) is 39.7. The van der Waals surface area contributed by atoms with Gasteiger partial charge in [0.25, 0.3) is 0 Å². The van der Waals surface area contributed by atoms with Crippen molar-refractivity contribution >= 4 is 34.4 Å². The third-order valence-corrected chi connectivity index (χ3v) is 6.30. The fraction of sp³-hybridized carbons (Fsp3) is 0.250. The number of aliphatic carboxylic acids is 1. The molecule has 0 saturated heterocycles. The molecular formula is C24H23N3O6S. The molecule has 1 aliphatic rings. The van der Waals surface area contributed by atoms with Gasteiger partial charge in [0.05, 0.1) is 12.1 Å². The Kier molecular flexibility index (Phi) is 7.19. The van der Waals surface area contributed by atoms with Crippen LogP contribution in [-0.2, 0) is 20.7 Å². The van der Waals surface area contributed by atoms with E-state index in [1.807, 2.05) is 36.4 Å². The molecule has 0 unspecified atom stereocenters. The van der Waals surface area contributed by atoms with Gasteiger partial charge in [0.2, 0.25) is 5.91 Å². The van der Waals surface area contributed by atoms with Crippen molar-refractivity contribution in [3.05, 3.63) is 70.7 Å². The van der Waals surface area contributed by atoms with Gasteiger partial charge in [0.15, 0.2) is 5.13 Å². The number of fused-ring (bicyclic) bond motifs is 3. The fourth-order valence-electron chi connectivity index (χ4n) is 3.96. The number of carbonyl (C=O) groups is 3. The Bertz CT molecular complexity index is 1170. The van der Waals surface area contributed by atoms with Crippen LogP contribution >= 0.6 is 11.3 Å². The maximum Gasteiger partial charge on any atom is 0.413 e. The zero-order chi connectivity index (χ0) is 24.1. The number of nitrogens with zero attached hydrogens (tertiary/aromatic N) is 1. The van der Waals surface area contributed by atoms with Gasteiger partial charge >= 0.3 is 12.1 Å². The van der Waals surface area contributed by atoms with E-state index >= 15 is 0 Å². The zero-order valence-corrected chi connectivity index (χ0v) is 18.9.